The van der Waals surface area contributed by atoms with E-state index in [1.807, 2.05) is 0 Å². The third kappa shape index (κ3) is 1.26. The fourth-order valence-corrected chi connectivity index (χ4v) is 0.697. The highest BCUT2D eigenvalue weighted by molar-refractivity contribution is 5.97. The number of carbonyl (C=O) groups excluding carboxylic acids is 1. The monoisotopic (exact) mass is 155 g/mol. The van der Waals surface area contributed by atoms with Crippen LogP contribution < -0.4 is 11.5 Å². The van der Waals surface area contributed by atoms with Gasteiger partial charge in [-0.2, -0.15) is 0 Å². The Bertz CT molecular complexity index is 280. The van der Waals surface area contributed by atoms with Gasteiger partial charge in [0, 0.05) is 6.20 Å². The van der Waals surface area contributed by atoms with E-state index in [0.29, 0.717) is 0 Å². The molecular formula is C6H6FN3O. The molecule has 0 saturated carbocycles. The number of amides is 1. The quantitative estimate of drug-likeness (QED) is 0.594. The second kappa shape index (κ2) is 2.53. The van der Waals surface area contributed by atoms with Crippen molar-refractivity contribution in [2.45, 2.75) is 0 Å². The first-order chi connectivity index (χ1) is 5.13. The smallest absolute Gasteiger partial charge is 0.255 e. The number of hydrogen-bond acceptors (Lipinski definition) is 3. The minimum absolute atomic E-state index is 0.183. The van der Waals surface area contributed by atoms with Gasteiger partial charge in [0.15, 0.2) is 0 Å². The number of carbonyl (C=O) groups is 1. The van der Waals surface area contributed by atoms with E-state index in [-0.39, 0.29) is 11.4 Å². The van der Waals surface area contributed by atoms with E-state index in [2.05, 4.69) is 4.98 Å². The molecule has 0 fully saturated rings. The summed E-state index contributed by atoms with van der Waals surface area (Å²) in [5, 5.41) is 0. The second-order valence-corrected chi connectivity index (χ2v) is 1.92. The van der Waals surface area contributed by atoms with Crippen LogP contribution in [0, 0.1) is 5.82 Å². The Hall–Kier alpha value is -1.65. The summed E-state index contributed by atoms with van der Waals surface area (Å²) >= 11 is 0. The van der Waals surface area contributed by atoms with E-state index in [4.69, 9.17) is 11.5 Å². The molecule has 0 aliphatic carbocycles. The van der Waals surface area contributed by atoms with Gasteiger partial charge in [-0.3, -0.25) is 4.79 Å². The van der Waals surface area contributed by atoms with Crippen LogP contribution in [0.15, 0.2) is 12.3 Å². The topological polar surface area (TPSA) is 82.0 Å². The molecule has 0 aliphatic heterocycles. The van der Waals surface area contributed by atoms with Crippen LogP contribution in [0.5, 0.6) is 0 Å². The van der Waals surface area contributed by atoms with Gasteiger partial charge in [0.2, 0.25) is 0 Å². The molecule has 0 saturated heterocycles. The number of nitrogen functional groups attached to an aromatic ring is 1. The predicted octanol–water partition coefficient (Wildman–Crippen LogP) is -0.0982. The van der Waals surface area contributed by atoms with E-state index in [0.717, 1.165) is 12.3 Å². The first kappa shape index (κ1) is 7.46. The zero-order valence-electron chi connectivity index (χ0n) is 5.54. The minimum Gasteiger partial charge on any atom is -0.383 e. The average Bonchev–Trinajstić information content (AvgIpc) is 1.85. The Morgan fingerprint density at radius 2 is 2.27 bits per heavy atom. The Balaban J connectivity index is 3.32. The average molecular weight is 155 g/mol. The van der Waals surface area contributed by atoms with Gasteiger partial charge in [0.1, 0.15) is 17.2 Å². The van der Waals surface area contributed by atoms with Crippen LogP contribution in [0.25, 0.3) is 0 Å². The van der Waals surface area contributed by atoms with Gasteiger partial charge in [0.05, 0.1) is 0 Å². The molecule has 0 spiro atoms. The molecule has 1 heterocycles. The van der Waals surface area contributed by atoms with Gasteiger partial charge in [0.25, 0.3) is 5.91 Å². The highest BCUT2D eigenvalue weighted by Crippen LogP contribution is 2.10. The molecule has 5 heteroatoms. The van der Waals surface area contributed by atoms with Gasteiger partial charge < -0.3 is 11.5 Å². The minimum atomic E-state index is -0.909. The Morgan fingerprint density at radius 3 is 2.64 bits per heavy atom. The lowest BCUT2D eigenvalue weighted by atomic mass is 10.2. The predicted molar refractivity (Wildman–Crippen MR) is 37.1 cm³/mol. The van der Waals surface area contributed by atoms with E-state index in [1.54, 1.807) is 0 Å². The van der Waals surface area contributed by atoms with Crippen LogP contribution in [0.2, 0.25) is 0 Å². The van der Waals surface area contributed by atoms with E-state index in [9.17, 15) is 9.18 Å². The van der Waals surface area contributed by atoms with Gasteiger partial charge in [-0.1, -0.05) is 0 Å². The molecule has 11 heavy (non-hydrogen) atoms. The third-order valence-corrected chi connectivity index (χ3v) is 1.18. The molecule has 0 bridgehead atoms. The largest absolute Gasteiger partial charge is 0.383 e. The Kier molecular flexibility index (Phi) is 1.72. The molecule has 0 aliphatic rings. The lowest BCUT2D eigenvalue weighted by Gasteiger charge is -1.99. The van der Waals surface area contributed by atoms with E-state index < -0.39 is 11.7 Å². The van der Waals surface area contributed by atoms with Crippen molar-refractivity contribution in [3.05, 3.63) is 23.6 Å². The van der Waals surface area contributed by atoms with Crippen LogP contribution in [0.3, 0.4) is 0 Å². The zero-order chi connectivity index (χ0) is 8.43. The van der Waals surface area contributed by atoms with Crippen LogP contribution in [0.4, 0.5) is 10.2 Å². The van der Waals surface area contributed by atoms with Crippen LogP contribution in [-0.4, -0.2) is 10.9 Å². The zero-order valence-corrected chi connectivity index (χ0v) is 5.54. The highest BCUT2D eigenvalue weighted by Gasteiger charge is 2.11. The summed E-state index contributed by atoms with van der Waals surface area (Å²) in [5.41, 5.74) is 9.63. The summed E-state index contributed by atoms with van der Waals surface area (Å²) in [4.78, 5) is 14.0. The van der Waals surface area contributed by atoms with Crippen molar-refractivity contribution < 1.29 is 9.18 Å². The number of hydrogen-bond donors (Lipinski definition) is 2. The lowest BCUT2D eigenvalue weighted by Crippen LogP contribution is -2.16. The summed E-state index contributed by atoms with van der Waals surface area (Å²) in [6, 6.07) is 1.02. The Labute approximate surface area is 62.0 Å². The van der Waals surface area contributed by atoms with Crippen molar-refractivity contribution in [2.75, 3.05) is 5.73 Å². The second-order valence-electron chi connectivity index (χ2n) is 1.92. The summed E-state index contributed by atoms with van der Waals surface area (Å²) in [6.07, 6.45) is 1.16. The van der Waals surface area contributed by atoms with Gasteiger partial charge >= 0.3 is 0 Å². The molecule has 4 nitrogen and oxygen atoms in total. The molecule has 0 atom stereocenters. The maximum atomic E-state index is 12.7. The van der Waals surface area contributed by atoms with Crippen LogP contribution >= 0.6 is 0 Å². The van der Waals surface area contributed by atoms with Crippen molar-refractivity contribution in [3.8, 4) is 0 Å². The number of nitrogens with two attached hydrogens (primary N) is 2. The summed E-state index contributed by atoms with van der Waals surface area (Å²) in [5.74, 6) is -1.84. The fourth-order valence-electron chi connectivity index (χ4n) is 0.697. The fraction of sp³-hybridized carbons (Fsp3) is 0. The normalized spacial score (nSPS) is 9.55. The van der Waals surface area contributed by atoms with E-state index in [1.165, 1.54) is 0 Å². The van der Waals surface area contributed by atoms with Crippen molar-refractivity contribution in [1.29, 1.82) is 0 Å². The van der Waals surface area contributed by atoms with Gasteiger partial charge in [-0.25, -0.2) is 9.37 Å². The van der Waals surface area contributed by atoms with Crippen LogP contribution in [-0.2, 0) is 0 Å². The molecular weight excluding hydrogens is 149 g/mol. The van der Waals surface area contributed by atoms with Crippen molar-refractivity contribution in [2.24, 2.45) is 5.73 Å². The standard InChI is InChI=1S/C6H6FN3O/c7-3-1-2-10-5(8)4(3)6(9)11/h1-2H,(H2,8,10)(H2,9,11). The maximum absolute atomic E-state index is 12.7. The summed E-state index contributed by atoms with van der Waals surface area (Å²) in [6.45, 7) is 0. The van der Waals surface area contributed by atoms with Gasteiger partial charge in [-0.15, -0.1) is 0 Å². The number of anilines is 1. The number of aromatic nitrogens is 1. The first-order valence-corrected chi connectivity index (χ1v) is 2.82. The molecule has 4 N–H and O–H groups in total. The number of primary amides is 1. The van der Waals surface area contributed by atoms with Crippen molar-refractivity contribution in [1.82, 2.24) is 4.98 Å². The molecule has 58 valence electrons. The summed E-state index contributed by atoms with van der Waals surface area (Å²) in [7, 11) is 0. The maximum Gasteiger partial charge on any atom is 0.255 e. The molecule has 1 rings (SSSR count). The number of rotatable bonds is 1. The molecule has 0 unspecified atom stereocenters. The Morgan fingerprint density at radius 1 is 1.64 bits per heavy atom. The first-order valence-electron chi connectivity index (χ1n) is 2.82. The molecule has 0 aromatic carbocycles. The SMILES string of the molecule is NC(=O)c1c(F)ccnc1N. The van der Waals surface area contributed by atoms with E-state index >= 15 is 0 Å². The summed E-state index contributed by atoms with van der Waals surface area (Å²) < 4.78 is 12.7. The molecule has 0 radical (unpaired) electrons. The highest BCUT2D eigenvalue weighted by atomic mass is 19.1. The van der Waals surface area contributed by atoms with Crippen LogP contribution in [0.1, 0.15) is 10.4 Å². The number of pyridine rings is 1. The number of halogens is 1. The third-order valence-electron chi connectivity index (χ3n) is 1.18. The molecule has 1 amide bonds. The number of nitrogens with zero attached hydrogens (tertiary/aromatic N) is 1. The molecule has 1 aromatic rings. The molecule has 1 aromatic heterocycles. The van der Waals surface area contributed by atoms with Crippen molar-refractivity contribution >= 4 is 11.7 Å². The van der Waals surface area contributed by atoms with Crippen molar-refractivity contribution in [3.63, 3.8) is 0 Å². The lowest BCUT2D eigenvalue weighted by molar-refractivity contribution is 0.0997. The van der Waals surface area contributed by atoms with Gasteiger partial charge in [-0.05, 0) is 6.07 Å².